The minimum absolute atomic E-state index is 0.173. The van der Waals surface area contributed by atoms with E-state index in [-0.39, 0.29) is 5.92 Å². The van der Waals surface area contributed by atoms with Gasteiger partial charge < -0.3 is 4.90 Å². The van der Waals surface area contributed by atoms with E-state index >= 15 is 0 Å². The van der Waals surface area contributed by atoms with Crippen molar-refractivity contribution >= 4 is 5.91 Å². The van der Waals surface area contributed by atoms with Gasteiger partial charge in [0.2, 0.25) is 5.91 Å². The van der Waals surface area contributed by atoms with E-state index in [4.69, 9.17) is 0 Å². The molecule has 0 spiro atoms. The van der Waals surface area contributed by atoms with Gasteiger partial charge in [-0.05, 0) is 31.6 Å². The van der Waals surface area contributed by atoms with Crippen molar-refractivity contribution in [3.05, 3.63) is 0 Å². The molecule has 2 nitrogen and oxygen atoms in total. The second-order valence-corrected chi connectivity index (χ2v) is 5.36. The summed E-state index contributed by atoms with van der Waals surface area (Å²) in [6.07, 6.45) is 4.95. The van der Waals surface area contributed by atoms with Crippen LogP contribution >= 0.6 is 0 Å². The van der Waals surface area contributed by atoms with Crippen molar-refractivity contribution < 1.29 is 4.79 Å². The maximum absolute atomic E-state index is 12.0. The molecule has 2 unspecified atom stereocenters. The molecule has 2 atom stereocenters. The number of rotatable bonds is 1. The van der Waals surface area contributed by atoms with Gasteiger partial charge in [-0.25, -0.2) is 0 Å². The molecule has 2 saturated heterocycles. The van der Waals surface area contributed by atoms with Gasteiger partial charge >= 0.3 is 0 Å². The molecule has 1 amide bonds. The summed E-state index contributed by atoms with van der Waals surface area (Å²) in [4.78, 5) is 14.2. The number of carbonyl (C=O) groups excluding carboxylic acids is 1. The average Bonchev–Trinajstić information content (AvgIpc) is 2.37. The minimum atomic E-state index is 0.173. The molecule has 2 rings (SSSR count). The summed E-state index contributed by atoms with van der Waals surface area (Å²) in [5.74, 6) is 1.37. The predicted octanol–water partition coefficient (Wildman–Crippen LogP) is 2.43. The molecular formula is C12H21NO. The first kappa shape index (κ1) is 10.0. The fourth-order valence-electron chi connectivity index (χ4n) is 3.11. The minimum Gasteiger partial charge on any atom is -0.336 e. The molecule has 2 aliphatic heterocycles. The van der Waals surface area contributed by atoms with Crippen molar-refractivity contribution in [2.75, 3.05) is 0 Å². The van der Waals surface area contributed by atoms with Crippen molar-refractivity contribution in [1.82, 2.24) is 4.90 Å². The van der Waals surface area contributed by atoms with Crippen molar-refractivity contribution in [3.63, 3.8) is 0 Å². The van der Waals surface area contributed by atoms with Crippen LogP contribution in [-0.4, -0.2) is 22.9 Å². The number of amides is 1. The van der Waals surface area contributed by atoms with Gasteiger partial charge in [-0.3, -0.25) is 4.79 Å². The summed E-state index contributed by atoms with van der Waals surface area (Å²) in [6.45, 7) is 6.35. The molecule has 0 aromatic rings. The third kappa shape index (κ3) is 1.55. The molecular weight excluding hydrogens is 174 g/mol. The lowest BCUT2D eigenvalue weighted by molar-refractivity contribution is -0.139. The monoisotopic (exact) mass is 195 g/mol. The molecule has 2 heterocycles. The third-order valence-electron chi connectivity index (χ3n) is 3.72. The lowest BCUT2D eigenvalue weighted by atomic mass is 9.91. The number of piperidine rings is 1. The summed E-state index contributed by atoms with van der Waals surface area (Å²) in [7, 11) is 0. The lowest BCUT2D eigenvalue weighted by Crippen LogP contribution is -2.47. The van der Waals surface area contributed by atoms with Crippen molar-refractivity contribution in [2.45, 2.75) is 58.5 Å². The highest BCUT2D eigenvalue weighted by molar-refractivity contribution is 5.79. The van der Waals surface area contributed by atoms with Crippen molar-refractivity contribution in [1.29, 1.82) is 0 Å². The summed E-state index contributed by atoms with van der Waals surface area (Å²) in [5, 5.41) is 0. The van der Waals surface area contributed by atoms with Crippen LogP contribution < -0.4 is 0 Å². The molecule has 0 N–H and O–H groups in total. The highest BCUT2D eigenvalue weighted by Crippen LogP contribution is 2.39. The number of fused-ring (bicyclic) bond motifs is 2. The first-order valence-corrected chi connectivity index (χ1v) is 5.91. The quantitative estimate of drug-likeness (QED) is 0.629. The van der Waals surface area contributed by atoms with E-state index in [1.807, 2.05) is 13.8 Å². The zero-order valence-electron chi connectivity index (χ0n) is 9.49. The normalized spacial score (nSPS) is 36.6. The highest BCUT2D eigenvalue weighted by atomic mass is 16.2. The zero-order valence-corrected chi connectivity index (χ0v) is 9.49. The summed E-state index contributed by atoms with van der Waals surface area (Å²) in [5.41, 5.74) is 0. The molecule has 0 aromatic heterocycles. The number of carbonyl (C=O) groups is 1. The van der Waals surface area contributed by atoms with Crippen LogP contribution in [0.25, 0.3) is 0 Å². The van der Waals surface area contributed by atoms with E-state index in [0.717, 1.165) is 5.92 Å². The Morgan fingerprint density at radius 2 is 1.71 bits per heavy atom. The fraction of sp³-hybridized carbons (Fsp3) is 0.917. The van der Waals surface area contributed by atoms with Crippen LogP contribution in [0, 0.1) is 11.8 Å². The van der Waals surface area contributed by atoms with Gasteiger partial charge in [0.15, 0.2) is 0 Å². The van der Waals surface area contributed by atoms with Gasteiger partial charge in [0.1, 0.15) is 0 Å². The Labute approximate surface area is 86.7 Å². The van der Waals surface area contributed by atoms with E-state index in [0.29, 0.717) is 18.0 Å². The highest BCUT2D eigenvalue weighted by Gasteiger charge is 2.42. The average molecular weight is 195 g/mol. The molecule has 80 valence electrons. The van der Waals surface area contributed by atoms with Crippen LogP contribution in [0.3, 0.4) is 0 Å². The van der Waals surface area contributed by atoms with Gasteiger partial charge in [-0.2, -0.15) is 0 Å². The summed E-state index contributed by atoms with van der Waals surface area (Å²) >= 11 is 0. The maximum atomic E-state index is 12.0. The molecule has 0 radical (unpaired) electrons. The Morgan fingerprint density at radius 3 is 2.14 bits per heavy atom. The van der Waals surface area contributed by atoms with Crippen LogP contribution in [0.1, 0.15) is 46.5 Å². The topological polar surface area (TPSA) is 20.3 Å². The largest absolute Gasteiger partial charge is 0.336 e. The second kappa shape index (κ2) is 3.56. The lowest BCUT2D eigenvalue weighted by Gasteiger charge is -2.38. The van der Waals surface area contributed by atoms with Gasteiger partial charge in [0.25, 0.3) is 0 Å². The van der Waals surface area contributed by atoms with Crippen LogP contribution in [0.2, 0.25) is 0 Å². The SMILES string of the molecule is CC1CC2CCC(C1)N2C(=O)C(C)C. The fourth-order valence-corrected chi connectivity index (χ4v) is 3.11. The first-order valence-electron chi connectivity index (χ1n) is 5.91. The van der Waals surface area contributed by atoms with E-state index in [2.05, 4.69) is 11.8 Å². The maximum Gasteiger partial charge on any atom is 0.225 e. The van der Waals surface area contributed by atoms with Crippen molar-refractivity contribution in [3.8, 4) is 0 Å². The van der Waals surface area contributed by atoms with Crippen LogP contribution in [0.4, 0.5) is 0 Å². The standard InChI is InChI=1S/C12H21NO/c1-8(2)12(14)13-10-4-5-11(13)7-9(3)6-10/h8-11H,4-7H2,1-3H3. The number of hydrogen-bond acceptors (Lipinski definition) is 1. The number of nitrogens with zero attached hydrogens (tertiary/aromatic N) is 1. The Bertz CT molecular complexity index is 222. The van der Waals surface area contributed by atoms with E-state index in [9.17, 15) is 4.79 Å². The first-order chi connectivity index (χ1) is 6.59. The molecule has 2 aliphatic rings. The van der Waals surface area contributed by atoms with Gasteiger partial charge in [0.05, 0.1) is 0 Å². The molecule has 2 heteroatoms. The van der Waals surface area contributed by atoms with E-state index in [1.54, 1.807) is 0 Å². The molecule has 0 aliphatic carbocycles. The summed E-state index contributed by atoms with van der Waals surface area (Å²) in [6, 6.07) is 1.14. The molecule has 0 aromatic carbocycles. The second-order valence-electron chi connectivity index (χ2n) is 5.36. The van der Waals surface area contributed by atoms with Crippen LogP contribution in [0.5, 0.6) is 0 Å². The molecule has 2 fully saturated rings. The third-order valence-corrected chi connectivity index (χ3v) is 3.72. The van der Waals surface area contributed by atoms with Gasteiger partial charge in [-0.15, -0.1) is 0 Å². The Hall–Kier alpha value is -0.530. The van der Waals surface area contributed by atoms with Gasteiger partial charge in [-0.1, -0.05) is 20.8 Å². The van der Waals surface area contributed by atoms with E-state index < -0.39 is 0 Å². The molecule has 0 saturated carbocycles. The zero-order chi connectivity index (χ0) is 10.3. The Balaban J connectivity index is 2.11. The molecule has 14 heavy (non-hydrogen) atoms. The van der Waals surface area contributed by atoms with Crippen LogP contribution in [-0.2, 0) is 4.79 Å². The molecule has 2 bridgehead atoms. The predicted molar refractivity (Wildman–Crippen MR) is 56.9 cm³/mol. The van der Waals surface area contributed by atoms with Gasteiger partial charge in [0, 0.05) is 18.0 Å². The summed E-state index contributed by atoms with van der Waals surface area (Å²) < 4.78 is 0. The van der Waals surface area contributed by atoms with Crippen LogP contribution in [0.15, 0.2) is 0 Å². The van der Waals surface area contributed by atoms with E-state index in [1.165, 1.54) is 25.7 Å². The van der Waals surface area contributed by atoms with Crippen molar-refractivity contribution in [2.24, 2.45) is 11.8 Å². The Morgan fingerprint density at radius 1 is 1.21 bits per heavy atom. The smallest absolute Gasteiger partial charge is 0.225 e. The number of hydrogen-bond donors (Lipinski definition) is 0. The Kier molecular flexibility index (Phi) is 2.54.